The van der Waals surface area contributed by atoms with Crippen molar-refractivity contribution in [3.05, 3.63) is 26.1 Å². The van der Waals surface area contributed by atoms with Gasteiger partial charge in [-0.2, -0.15) is 0 Å². The second kappa shape index (κ2) is 4.77. The smallest absolute Gasteiger partial charge is 0.344 e. The van der Waals surface area contributed by atoms with Gasteiger partial charge in [-0.15, -0.1) is 0 Å². The minimum absolute atomic E-state index is 0.119. The van der Waals surface area contributed by atoms with E-state index < -0.39 is 12.4 Å². The van der Waals surface area contributed by atoms with Crippen molar-refractivity contribution in [3.8, 4) is 0 Å². The molecule has 0 fully saturated rings. The number of hydrogen-bond acceptors (Lipinski definition) is 3. The molecule has 0 radical (unpaired) electrons. The third-order valence-electron chi connectivity index (χ3n) is 1.31. The Morgan fingerprint density at radius 2 is 2.36 bits per heavy atom. The number of esters is 1. The van der Waals surface area contributed by atoms with Crippen LogP contribution in [0.15, 0.2) is 26.1 Å². The number of alkyl halides is 2. The zero-order chi connectivity index (χ0) is 10.7. The van der Waals surface area contributed by atoms with E-state index in [0.29, 0.717) is 16.2 Å². The monoisotopic (exact) mass is 282 g/mol. The first-order chi connectivity index (χ1) is 6.54. The molecule has 0 aromatic heterocycles. The van der Waals surface area contributed by atoms with E-state index in [0.717, 1.165) is 0 Å². The first kappa shape index (κ1) is 11.5. The van der Waals surface area contributed by atoms with E-state index in [1.54, 1.807) is 0 Å². The standard InChI is InChI=1S/C8H5BrF2O2S/c1-13-8(12)6-3-4(9)2-5(14-6)7(10)11/h3,7H,1H3. The fourth-order valence-corrected chi connectivity index (χ4v) is 2.30. The zero-order valence-electron chi connectivity index (χ0n) is 7.01. The molecule has 0 aromatic rings. The molecule has 6 heteroatoms. The van der Waals surface area contributed by atoms with Crippen molar-refractivity contribution in [3.63, 3.8) is 0 Å². The van der Waals surface area contributed by atoms with Crippen LogP contribution in [-0.4, -0.2) is 19.5 Å². The predicted octanol–water partition coefficient (Wildman–Crippen LogP) is 2.82. The number of carbonyl (C=O) groups is 1. The molecule has 1 heterocycles. The van der Waals surface area contributed by atoms with Gasteiger partial charge in [0, 0.05) is 0 Å². The second-order valence-electron chi connectivity index (χ2n) is 2.24. The Kier molecular flexibility index (Phi) is 3.92. The molecule has 0 spiro atoms. The van der Waals surface area contributed by atoms with Crippen molar-refractivity contribution < 1.29 is 18.3 Å². The molecule has 0 atom stereocenters. The number of methoxy groups -OCH3 is 1. The van der Waals surface area contributed by atoms with Crippen LogP contribution in [0.3, 0.4) is 0 Å². The summed E-state index contributed by atoms with van der Waals surface area (Å²) in [5.74, 6) is -0.633. The molecule has 0 aliphatic carbocycles. The topological polar surface area (TPSA) is 26.3 Å². The molecule has 2 nitrogen and oxygen atoms in total. The van der Waals surface area contributed by atoms with E-state index in [2.05, 4.69) is 26.4 Å². The number of rotatable bonds is 2. The molecule has 1 aliphatic rings. The highest BCUT2D eigenvalue weighted by atomic mass is 79.9. The molecular formula is C8H5BrF2O2S. The normalized spacial score (nSPS) is 15.9. The molecule has 14 heavy (non-hydrogen) atoms. The van der Waals surface area contributed by atoms with Crippen LogP contribution in [-0.2, 0) is 9.53 Å². The lowest BCUT2D eigenvalue weighted by atomic mass is 10.4. The number of thioether (sulfide) groups is 1. The summed E-state index contributed by atoms with van der Waals surface area (Å²) in [5, 5.41) is 0. The van der Waals surface area contributed by atoms with Crippen molar-refractivity contribution in [1.82, 2.24) is 0 Å². The van der Waals surface area contributed by atoms with Gasteiger partial charge >= 0.3 is 5.97 Å². The van der Waals surface area contributed by atoms with Crippen molar-refractivity contribution >= 4 is 33.7 Å². The van der Waals surface area contributed by atoms with Crippen molar-refractivity contribution in [1.29, 1.82) is 0 Å². The van der Waals surface area contributed by atoms with E-state index in [9.17, 15) is 13.6 Å². The Hall–Kier alpha value is -0.580. The van der Waals surface area contributed by atoms with Crippen LogP contribution in [0.1, 0.15) is 0 Å². The second-order valence-corrected chi connectivity index (χ2v) is 4.18. The minimum Gasteiger partial charge on any atom is -0.465 e. The third-order valence-corrected chi connectivity index (χ3v) is 2.74. The average molecular weight is 283 g/mol. The van der Waals surface area contributed by atoms with Gasteiger partial charge in [-0.05, 0) is 22.0 Å². The van der Waals surface area contributed by atoms with Crippen LogP contribution in [0.5, 0.6) is 0 Å². The summed E-state index contributed by atoms with van der Waals surface area (Å²) in [5.41, 5.74) is 2.40. The summed E-state index contributed by atoms with van der Waals surface area (Å²) in [6, 6.07) is 0. The molecule has 0 saturated heterocycles. The summed E-state index contributed by atoms with van der Waals surface area (Å²) < 4.78 is 29.3. The Morgan fingerprint density at radius 1 is 1.71 bits per heavy atom. The summed E-state index contributed by atoms with van der Waals surface area (Å²) >= 11 is 3.66. The maximum atomic E-state index is 12.3. The summed E-state index contributed by atoms with van der Waals surface area (Å²) in [7, 11) is 1.20. The number of allylic oxidation sites excluding steroid dienone is 2. The molecule has 0 unspecified atom stereocenters. The molecule has 1 aliphatic heterocycles. The van der Waals surface area contributed by atoms with Crippen LogP contribution in [0.25, 0.3) is 0 Å². The fourth-order valence-electron chi connectivity index (χ4n) is 0.743. The third kappa shape index (κ3) is 2.70. The molecule has 0 bridgehead atoms. The molecule has 0 amide bonds. The van der Waals surface area contributed by atoms with E-state index in [1.165, 1.54) is 13.2 Å². The maximum absolute atomic E-state index is 12.3. The predicted molar refractivity (Wildman–Crippen MR) is 53.2 cm³/mol. The zero-order valence-corrected chi connectivity index (χ0v) is 9.42. The largest absolute Gasteiger partial charge is 0.465 e. The van der Waals surface area contributed by atoms with Gasteiger partial charge in [0.05, 0.1) is 21.4 Å². The van der Waals surface area contributed by atoms with Gasteiger partial charge in [-0.25, -0.2) is 13.6 Å². The Balaban J connectivity index is 2.94. The molecule has 1 rings (SSSR count). The van der Waals surface area contributed by atoms with Crippen LogP contribution in [0, 0.1) is 0 Å². The van der Waals surface area contributed by atoms with Gasteiger partial charge in [0.1, 0.15) is 0 Å². The number of carbonyl (C=O) groups excluding carboxylic acids is 1. The number of halogens is 3. The van der Waals surface area contributed by atoms with E-state index in [1.807, 2.05) is 0 Å². The van der Waals surface area contributed by atoms with Gasteiger partial charge in [-0.1, -0.05) is 17.5 Å². The lowest BCUT2D eigenvalue weighted by molar-refractivity contribution is -0.135. The molecule has 0 N–H and O–H groups in total. The Bertz CT molecular complexity index is 356. The Morgan fingerprint density at radius 3 is 2.86 bits per heavy atom. The molecular weight excluding hydrogens is 278 g/mol. The Labute approximate surface area is 91.8 Å². The quantitative estimate of drug-likeness (QED) is 0.576. The van der Waals surface area contributed by atoms with Crippen molar-refractivity contribution in [2.75, 3.05) is 7.11 Å². The lowest BCUT2D eigenvalue weighted by Gasteiger charge is -2.09. The van der Waals surface area contributed by atoms with Gasteiger partial charge in [-0.3, -0.25) is 0 Å². The van der Waals surface area contributed by atoms with Crippen molar-refractivity contribution in [2.24, 2.45) is 0 Å². The number of hydrogen-bond donors (Lipinski definition) is 0. The highest BCUT2D eigenvalue weighted by molar-refractivity contribution is 9.11. The molecule has 0 aromatic carbocycles. The maximum Gasteiger partial charge on any atom is 0.344 e. The van der Waals surface area contributed by atoms with E-state index >= 15 is 0 Å². The lowest BCUT2D eigenvalue weighted by Crippen LogP contribution is -2.05. The summed E-state index contributed by atoms with van der Waals surface area (Å²) in [6.07, 6.45) is -1.25. The van der Waals surface area contributed by atoms with Crippen LogP contribution >= 0.6 is 27.7 Å². The van der Waals surface area contributed by atoms with E-state index in [4.69, 9.17) is 0 Å². The van der Waals surface area contributed by atoms with Crippen molar-refractivity contribution in [2.45, 2.75) is 6.43 Å². The van der Waals surface area contributed by atoms with Gasteiger partial charge in [0.25, 0.3) is 6.43 Å². The molecule has 76 valence electrons. The average Bonchev–Trinajstić information content (AvgIpc) is 2.15. The first-order valence-corrected chi connectivity index (χ1v) is 5.08. The number of ether oxygens (including phenoxy) is 1. The van der Waals surface area contributed by atoms with Gasteiger partial charge in [0.15, 0.2) is 0 Å². The van der Waals surface area contributed by atoms with Gasteiger partial charge in [0.2, 0.25) is 0 Å². The molecule has 0 saturated carbocycles. The summed E-state index contributed by atoms with van der Waals surface area (Å²) in [4.78, 5) is 10.9. The highest BCUT2D eigenvalue weighted by Gasteiger charge is 2.21. The SMILES string of the molecule is COC(=O)C1=CC(Br)=C=C(C(F)F)S1. The van der Waals surface area contributed by atoms with Gasteiger partial charge < -0.3 is 4.74 Å². The summed E-state index contributed by atoms with van der Waals surface area (Å²) in [6.45, 7) is 0. The first-order valence-electron chi connectivity index (χ1n) is 3.47. The van der Waals surface area contributed by atoms with Crippen LogP contribution in [0.4, 0.5) is 8.78 Å². The van der Waals surface area contributed by atoms with Crippen LogP contribution in [0.2, 0.25) is 0 Å². The van der Waals surface area contributed by atoms with Crippen LogP contribution < -0.4 is 0 Å². The van der Waals surface area contributed by atoms with E-state index in [-0.39, 0.29) is 9.81 Å². The fraction of sp³-hybridized carbons (Fsp3) is 0.250. The minimum atomic E-state index is -2.64. The highest BCUT2D eigenvalue weighted by Crippen LogP contribution is 2.35.